The van der Waals surface area contributed by atoms with Crippen molar-refractivity contribution in [3.05, 3.63) is 63.2 Å². The van der Waals surface area contributed by atoms with Gasteiger partial charge in [0.15, 0.2) is 5.75 Å². The molecule has 0 amide bonds. The van der Waals surface area contributed by atoms with Crippen molar-refractivity contribution in [1.82, 2.24) is 4.98 Å². The fourth-order valence-electron chi connectivity index (χ4n) is 2.15. The van der Waals surface area contributed by atoms with Crippen molar-refractivity contribution in [2.75, 3.05) is 0 Å². The van der Waals surface area contributed by atoms with Gasteiger partial charge in [0.25, 0.3) is 0 Å². The number of hydrogen-bond donors (Lipinski definition) is 0. The molecule has 0 aliphatic carbocycles. The first-order chi connectivity index (χ1) is 11.3. The molecule has 0 bridgehead atoms. The topological polar surface area (TPSA) is 56.3 Å². The zero-order valence-electron chi connectivity index (χ0n) is 12.3. The van der Waals surface area contributed by atoms with Crippen LogP contribution in [0.25, 0.3) is 10.9 Å². The summed E-state index contributed by atoms with van der Waals surface area (Å²) in [5.74, 6) is 0.110. The van der Waals surface area contributed by atoms with Crippen molar-refractivity contribution in [2.24, 2.45) is 0 Å². The van der Waals surface area contributed by atoms with Crippen LogP contribution in [-0.4, -0.2) is 13.4 Å². The monoisotopic (exact) mass is 401 g/mol. The van der Waals surface area contributed by atoms with E-state index in [9.17, 15) is 8.42 Å². The highest BCUT2D eigenvalue weighted by Crippen LogP contribution is 2.36. The van der Waals surface area contributed by atoms with Crippen LogP contribution in [0.5, 0.6) is 5.75 Å². The van der Waals surface area contributed by atoms with Crippen molar-refractivity contribution >= 4 is 55.8 Å². The molecular weight excluding hydrogens is 393 g/mol. The second kappa shape index (κ2) is 6.41. The molecule has 24 heavy (non-hydrogen) atoms. The summed E-state index contributed by atoms with van der Waals surface area (Å²) in [5, 5.41) is 0.681. The van der Waals surface area contributed by atoms with Gasteiger partial charge in [-0.25, -0.2) is 4.98 Å². The molecule has 0 saturated heterocycles. The molecule has 1 heterocycles. The molecule has 3 rings (SSSR count). The Balaban J connectivity index is 2.11. The van der Waals surface area contributed by atoms with Crippen molar-refractivity contribution in [1.29, 1.82) is 0 Å². The van der Waals surface area contributed by atoms with Crippen molar-refractivity contribution < 1.29 is 12.6 Å². The highest BCUT2D eigenvalue weighted by atomic mass is 35.5. The summed E-state index contributed by atoms with van der Waals surface area (Å²) in [6.45, 7) is 1.81. The summed E-state index contributed by atoms with van der Waals surface area (Å²) in [7, 11) is -4.20. The molecule has 1 aromatic heterocycles. The van der Waals surface area contributed by atoms with Crippen LogP contribution in [0.1, 0.15) is 5.69 Å². The molecule has 0 spiro atoms. The largest absolute Gasteiger partial charge is 0.377 e. The molecule has 0 radical (unpaired) electrons. The van der Waals surface area contributed by atoms with Crippen LogP contribution >= 0.6 is 34.8 Å². The zero-order chi connectivity index (χ0) is 17.5. The Hall–Kier alpha value is -1.53. The fourth-order valence-corrected chi connectivity index (χ4v) is 4.04. The van der Waals surface area contributed by atoms with E-state index < -0.39 is 10.1 Å². The minimum Gasteiger partial charge on any atom is -0.377 e. The van der Waals surface area contributed by atoms with E-state index in [0.29, 0.717) is 5.52 Å². The lowest BCUT2D eigenvalue weighted by Gasteiger charge is -2.11. The lowest BCUT2D eigenvalue weighted by Crippen LogP contribution is -2.11. The quantitative estimate of drug-likeness (QED) is 0.442. The van der Waals surface area contributed by atoms with Gasteiger partial charge < -0.3 is 4.18 Å². The Morgan fingerprint density at radius 2 is 1.71 bits per heavy atom. The van der Waals surface area contributed by atoms with E-state index in [0.717, 1.165) is 11.1 Å². The molecule has 0 N–H and O–H groups in total. The Labute approximate surface area is 154 Å². The normalized spacial score (nSPS) is 11.7. The number of pyridine rings is 1. The minimum atomic E-state index is -4.20. The highest BCUT2D eigenvalue weighted by molar-refractivity contribution is 7.87. The maximum Gasteiger partial charge on any atom is 0.340 e. The Morgan fingerprint density at radius 3 is 2.46 bits per heavy atom. The molecular formula is C16H10Cl3NO3S. The van der Waals surface area contributed by atoms with E-state index in [-0.39, 0.29) is 25.7 Å². The van der Waals surface area contributed by atoms with E-state index in [2.05, 4.69) is 4.98 Å². The third-order valence-electron chi connectivity index (χ3n) is 3.29. The number of aromatic nitrogens is 1. The van der Waals surface area contributed by atoms with Crippen LogP contribution in [0.15, 0.2) is 47.4 Å². The molecule has 0 saturated carbocycles. The molecule has 124 valence electrons. The molecule has 0 atom stereocenters. The van der Waals surface area contributed by atoms with E-state index in [1.807, 2.05) is 18.2 Å². The minimum absolute atomic E-state index is 0.0464. The van der Waals surface area contributed by atoms with Gasteiger partial charge in [-0.3, -0.25) is 0 Å². The second-order valence-corrected chi connectivity index (χ2v) is 7.67. The average molecular weight is 403 g/mol. The first-order valence-corrected chi connectivity index (χ1v) is 9.28. The number of nitrogens with zero attached hydrogens (tertiary/aromatic N) is 1. The average Bonchev–Trinajstić information content (AvgIpc) is 2.53. The summed E-state index contributed by atoms with van der Waals surface area (Å²) in [4.78, 5) is 4.08. The number of fused-ring (bicyclic) bond motifs is 1. The van der Waals surface area contributed by atoms with E-state index in [1.165, 1.54) is 18.2 Å². The van der Waals surface area contributed by atoms with Gasteiger partial charge in [0.05, 0.1) is 15.1 Å². The number of benzene rings is 2. The number of para-hydroxylation sites is 1. The summed E-state index contributed by atoms with van der Waals surface area (Å²) in [5.41, 5.74) is 1.18. The third-order valence-corrected chi connectivity index (χ3v) is 5.97. The van der Waals surface area contributed by atoms with Crippen molar-refractivity contribution in [3.63, 3.8) is 0 Å². The lowest BCUT2D eigenvalue weighted by atomic mass is 10.2. The molecule has 0 fully saturated rings. The molecule has 4 nitrogen and oxygen atoms in total. The van der Waals surface area contributed by atoms with Gasteiger partial charge in [0.2, 0.25) is 0 Å². The maximum absolute atomic E-state index is 12.6. The van der Waals surface area contributed by atoms with Gasteiger partial charge in [0.1, 0.15) is 10.4 Å². The summed E-state index contributed by atoms with van der Waals surface area (Å²) in [6, 6.07) is 11.3. The van der Waals surface area contributed by atoms with Gasteiger partial charge in [-0.15, -0.1) is 0 Å². The Morgan fingerprint density at radius 1 is 0.958 bits per heavy atom. The van der Waals surface area contributed by atoms with Gasteiger partial charge in [-0.2, -0.15) is 8.42 Å². The van der Waals surface area contributed by atoms with Gasteiger partial charge >= 0.3 is 10.1 Å². The number of halogens is 3. The summed E-state index contributed by atoms with van der Waals surface area (Å²) >= 11 is 17.7. The fraction of sp³-hybridized carbons (Fsp3) is 0.0625. The van der Waals surface area contributed by atoms with Crippen LogP contribution in [0.2, 0.25) is 15.1 Å². The number of hydrogen-bond acceptors (Lipinski definition) is 4. The molecule has 0 aliphatic heterocycles. The zero-order valence-corrected chi connectivity index (χ0v) is 15.3. The lowest BCUT2D eigenvalue weighted by molar-refractivity contribution is 0.488. The predicted octanol–water partition coefficient (Wildman–Crippen LogP) is 5.27. The Kier molecular flexibility index (Phi) is 4.62. The summed E-state index contributed by atoms with van der Waals surface area (Å²) in [6.07, 6.45) is 0. The molecule has 2 aromatic carbocycles. The van der Waals surface area contributed by atoms with Gasteiger partial charge in [-0.05, 0) is 31.2 Å². The molecule has 0 aliphatic rings. The first kappa shape index (κ1) is 17.3. The van der Waals surface area contributed by atoms with E-state index in [4.69, 9.17) is 39.0 Å². The Bertz CT molecular complexity index is 1050. The van der Waals surface area contributed by atoms with Crippen molar-refractivity contribution in [2.45, 2.75) is 11.8 Å². The van der Waals surface area contributed by atoms with Gasteiger partial charge in [0, 0.05) is 11.1 Å². The maximum atomic E-state index is 12.6. The third kappa shape index (κ3) is 3.17. The van der Waals surface area contributed by atoms with Gasteiger partial charge in [-0.1, -0.05) is 53.0 Å². The van der Waals surface area contributed by atoms with Crippen LogP contribution in [0.4, 0.5) is 0 Å². The summed E-state index contributed by atoms with van der Waals surface area (Å²) < 4.78 is 30.4. The second-order valence-electron chi connectivity index (χ2n) is 4.99. The predicted molar refractivity (Wildman–Crippen MR) is 95.8 cm³/mol. The first-order valence-electron chi connectivity index (χ1n) is 6.74. The van der Waals surface area contributed by atoms with E-state index >= 15 is 0 Å². The van der Waals surface area contributed by atoms with Crippen LogP contribution in [0.3, 0.4) is 0 Å². The number of aryl methyl sites for hydroxylation is 1. The van der Waals surface area contributed by atoms with Crippen LogP contribution < -0.4 is 4.18 Å². The number of rotatable bonds is 3. The SMILES string of the molecule is Cc1ccc2cccc(OS(=O)(=O)c3ccc(Cl)c(Cl)c3Cl)c2n1. The standard InChI is InChI=1S/C16H10Cl3NO3S/c1-9-5-6-10-3-2-4-12(16(10)20-9)23-24(21,22)13-8-7-11(17)14(18)15(13)19/h2-8H,1H3. The van der Waals surface area contributed by atoms with Crippen molar-refractivity contribution in [3.8, 4) is 5.75 Å². The smallest absolute Gasteiger partial charge is 0.340 e. The van der Waals surface area contributed by atoms with Crippen LogP contribution in [0, 0.1) is 6.92 Å². The molecule has 0 unspecified atom stereocenters. The molecule has 8 heteroatoms. The van der Waals surface area contributed by atoms with E-state index in [1.54, 1.807) is 13.0 Å². The van der Waals surface area contributed by atoms with Crippen LogP contribution in [-0.2, 0) is 10.1 Å². The highest BCUT2D eigenvalue weighted by Gasteiger charge is 2.24. The molecule has 3 aromatic rings.